The molecule has 0 aliphatic carbocycles. The van der Waals surface area contributed by atoms with Crippen molar-refractivity contribution >= 4 is 5.69 Å². The Hall–Kier alpha value is -1.02. The number of hydrogen-bond acceptors (Lipinski definition) is 2. The molecule has 1 heterocycles. The second-order valence-electron chi connectivity index (χ2n) is 5.50. The van der Waals surface area contributed by atoms with Gasteiger partial charge in [0, 0.05) is 18.8 Å². The molecule has 1 saturated heterocycles. The average molecular weight is 247 g/mol. The number of hydrogen-bond donors (Lipinski definition) is 1. The number of nitrogens with zero attached hydrogens (tertiary/aromatic N) is 1. The van der Waals surface area contributed by atoms with E-state index < -0.39 is 0 Å². The van der Waals surface area contributed by atoms with E-state index in [0.29, 0.717) is 0 Å². The summed E-state index contributed by atoms with van der Waals surface area (Å²) in [6, 6.07) is 6.31. The van der Waals surface area contributed by atoms with Crippen LogP contribution in [0, 0.1) is 12.8 Å². The summed E-state index contributed by atoms with van der Waals surface area (Å²) in [6.07, 6.45) is 5.36. The van der Waals surface area contributed by atoms with Crippen molar-refractivity contribution in [2.75, 3.05) is 18.0 Å². The summed E-state index contributed by atoms with van der Waals surface area (Å²) in [5, 5.41) is 9.14. The minimum Gasteiger partial charge on any atom is -0.392 e. The molecule has 0 radical (unpaired) electrons. The minimum absolute atomic E-state index is 0.139. The van der Waals surface area contributed by atoms with Gasteiger partial charge in [-0.15, -0.1) is 0 Å². The molecule has 0 atom stereocenters. The van der Waals surface area contributed by atoms with Crippen molar-refractivity contribution in [1.82, 2.24) is 0 Å². The first-order valence-electron chi connectivity index (χ1n) is 7.20. The van der Waals surface area contributed by atoms with Gasteiger partial charge in [0.2, 0.25) is 0 Å². The molecule has 1 N–H and O–H groups in total. The van der Waals surface area contributed by atoms with Gasteiger partial charge in [-0.1, -0.05) is 31.9 Å². The normalized spacial score (nSPS) is 17.2. The van der Waals surface area contributed by atoms with Gasteiger partial charge in [0.15, 0.2) is 0 Å². The van der Waals surface area contributed by atoms with Crippen molar-refractivity contribution in [2.24, 2.45) is 5.92 Å². The average Bonchev–Trinajstić information content (AvgIpc) is 2.40. The van der Waals surface area contributed by atoms with Gasteiger partial charge in [-0.25, -0.2) is 0 Å². The van der Waals surface area contributed by atoms with Crippen molar-refractivity contribution in [2.45, 2.75) is 46.1 Å². The van der Waals surface area contributed by atoms with E-state index >= 15 is 0 Å². The van der Waals surface area contributed by atoms with Gasteiger partial charge >= 0.3 is 0 Å². The Balaban J connectivity index is 2.01. The van der Waals surface area contributed by atoms with Crippen LogP contribution in [0.1, 0.15) is 43.7 Å². The lowest BCUT2D eigenvalue weighted by Crippen LogP contribution is -2.34. The Bertz CT molecular complexity index is 381. The minimum atomic E-state index is 0.139. The molecule has 2 heteroatoms. The van der Waals surface area contributed by atoms with Crippen LogP contribution < -0.4 is 4.90 Å². The van der Waals surface area contributed by atoms with E-state index in [1.54, 1.807) is 0 Å². The van der Waals surface area contributed by atoms with Crippen LogP contribution in [0.3, 0.4) is 0 Å². The fourth-order valence-electron chi connectivity index (χ4n) is 3.04. The third-order valence-corrected chi connectivity index (χ3v) is 4.10. The molecule has 1 aliphatic rings. The highest BCUT2D eigenvalue weighted by molar-refractivity contribution is 5.54. The van der Waals surface area contributed by atoms with Gasteiger partial charge in [0.25, 0.3) is 0 Å². The standard InChI is InChI=1S/C16H25NO/c1-3-4-14-7-9-17(10-8-14)16-6-5-15(12-18)11-13(16)2/h5-6,11,14,18H,3-4,7-10,12H2,1-2H3. The Morgan fingerprint density at radius 2 is 2.00 bits per heavy atom. The smallest absolute Gasteiger partial charge is 0.0681 e. The molecule has 1 aromatic carbocycles. The molecule has 100 valence electrons. The monoisotopic (exact) mass is 247 g/mol. The topological polar surface area (TPSA) is 23.5 Å². The van der Waals surface area contributed by atoms with E-state index in [0.717, 1.165) is 11.5 Å². The maximum Gasteiger partial charge on any atom is 0.0681 e. The van der Waals surface area contributed by atoms with Gasteiger partial charge in [0.1, 0.15) is 0 Å². The Kier molecular flexibility index (Phi) is 4.65. The first kappa shape index (κ1) is 13.4. The fraction of sp³-hybridized carbons (Fsp3) is 0.625. The molecule has 2 rings (SSSR count). The summed E-state index contributed by atoms with van der Waals surface area (Å²) in [5.41, 5.74) is 3.65. The first-order chi connectivity index (χ1) is 8.74. The molecule has 0 spiro atoms. The molecular weight excluding hydrogens is 222 g/mol. The van der Waals surface area contributed by atoms with E-state index in [4.69, 9.17) is 5.11 Å². The van der Waals surface area contributed by atoms with Gasteiger partial charge in [-0.3, -0.25) is 0 Å². The van der Waals surface area contributed by atoms with E-state index in [2.05, 4.69) is 30.9 Å². The van der Waals surface area contributed by atoms with Crippen molar-refractivity contribution < 1.29 is 5.11 Å². The van der Waals surface area contributed by atoms with Crippen LogP contribution in [0.4, 0.5) is 5.69 Å². The number of rotatable bonds is 4. The summed E-state index contributed by atoms with van der Waals surface area (Å²) in [6.45, 7) is 6.93. The summed E-state index contributed by atoms with van der Waals surface area (Å²) in [4.78, 5) is 2.50. The SMILES string of the molecule is CCCC1CCN(c2ccc(CO)cc2C)CC1. The molecule has 0 unspecified atom stereocenters. The fourth-order valence-corrected chi connectivity index (χ4v) is 3.04. The maximum atomic E-state index is 9.14. The van der Waals surface area contributed by atoms with Gasteiger partial charge in [-0.2, -0.15) is 0 Å². The molecule has 0 amide bonds. The summed E-state index contributed by atoms with van der Waals surface area (Å²) < 4.78 is 0. The molecule has 1 aliphatic heterocycles. The highest BCUT2D eigenvalue weighted by Gasteiger charge is 2.19. The quantitative estimate of drug-likeness (QED) is 0.880. The predicted molar refractivity (Wildman–Crippen MR) is 76.9 cm³/mol. The molecule has 1 aromatic rings. The van der Waals surface area contributed by atoms with E-state index in [-0.39, 0.29) is 6.61 Å². The van der Waals surface area contributed by atoms with Crippen LogP contribution in [0.25, 0.3) is 0 Å². The number of aryl methyl sites for hydroxylation is 1. The number of anilines is 1. The summed E-state index contributed by atoms with van der Waals surface area (Å²) in [5.74, 6) is 0.934. The van der Waals surface area contributed by atoms with Crippen molar-refractivity contribution in [3.8, 4) is 0 Å². The zero-order valence-corrected chi connectivity index (χ0v) is 11.7. The Labute approximate surface area is 111 Å². The van der Waals surface area contributed by atoms with Crippen LogP contribution in [-0.4, -0.2) is 18.2 Å². The van der Waals surface area contributed by atoms with Crippen LogP contribution >= 0.6 is 0 Å². The highest BCUT2D eigenvalue weighted by Crippen LogP contribution is 2.28. The number of piperidine rings is 1. The van der Waals surface area contributed by atoms with Crippen LogP contribution in [-0.2, 0) is 6.61 Å². The lowest BCUT2D eigenvalue weighted by Gasteiger charge is -2.34. The zero-order valence-electron chi connectivity index (χ0n) is 11.7. The molecule has 18 heavy (non-hydrogen) atoms. The number of benzene rings is 1. The van der Waals surface area contributed by atoms with Crippen molar-refractivity contribution in [3.63, 3.8) is 0 Å². The molecule has 0 saturated carbocycles. The first-order valence-corrected chi connectivity index (χ1v) is 7.20. The lowest BCUT2D eigenvalue weighted by atomic mass is 9.92. The summed E-state index contributed by atoms with van der Waals surface area (Å²) >= 11 is 0. The third kappa shape index (κ3) is 3.05. The van der Waals surface area contributed by atoms with E-state index in [1.165, 1.54) is 50.0 Å². The zero-order chi connectivity index (χ0) is 13.0. The molecule has 2 nitrogen and oxygen atoms in total. The van der Waals surface area contributed by atoms with Gasteiger partial charge < -0.3 is 10.0 Å². The second kappa shape index (κ2) is 6.24. The Morgan fingerprint density at radius 1 is 1.28 bits per heavy atom. The van der Waals surface area contributed by atoms with Crippen LogP contribution in [0.5, 0.6) is 0 Å². The van der Waals surface area contributed by atoms with Crippen molar-refractivity contribution in [3.05, 3.63) is 29.3 Å². The second-order valence-corrected chi connectivity index (χ2v) is 5.50. The summed E-state index contributed by atoms with van der Waals surface area (Å²) in [7, 11) is 0. The molecular formula is C16H25NO. The molecule has 0 bridgehead atoms. The molecule has 1 fully saturated rings. The predicted octanol–water partition coefficient (Wildman–Crippen LogP) is 3.50. The van der Waals surface area contributed by atoms with E-state index in [9.17, 15) is 0 Å². The maximum absolute atomic E-state index is 9.14. The largest absolute Gasteiger partial charge is 0.392 e. The lowest BCUT2D eigenvalue weighted by molar-refractivity contribution is 0.282. The van der Waals surface area contributed by atoms with Crippen LogP contribution in [0.2, 0.25) is 0 Å². The van der Waals surface area contributed by atoms with Gasteiger partial charge in [-0.05, 0) is 42.9 Å². The van der Waals surface area contributed by atoms with Crippen molar-refractivity contribution in [1.29, 1.82) is 0 Å². The Morgan fingerprint density at radius 3 is 2.56 bits per heavy atom. The third-order valence-electron chi connectivity index (χ3n) is 4.10. The highest BCUT2D eigenvalue weighted by atomic mass is 16.3. The van der Waals surface area contributed by atoms with E-state index in [1.807, 2.05) is 6.07 Å². The number of aliphatic hydroxyl groups is 1. The number of aliphatic hydroxyl groups excluding tert-OH is 1. The molecule has 0 aromatic heterocycles. The van der Waals surface area contributed by atoms with Gasteiger partial charge in [0.05, 0.1) is 6.61 Å². The van der Waals surface area contributed by atoms with Crippen LogP contribution in [0.15, 0.2) is 18.2 Å².